The molecule has 1 unspecified atom stereocenters. The topological polar surface area (TPSA) is 101 Å². The lowest BCUT2D eigenvalue weighted by Crippen LogP contribution is -2.31. The highest BCUT2D eigenvalue weighted by Gasteiger charge is 2.22. The largest absolute Gasteiger partial charge is 0.396 e. The number of rotatable bonds is 10. The zero-order chi connectivity index (χ0) is 36.0. The van der Waals surface area contributed by atoms with E-state index in [-0.39, 0.29) is 5.91 Å². The number of aromatic nitrogens is 2. The van der Waals surface area contributed by atoms with Crippen molar-refractivity contribution in [2.24, 2.45) is 0 Å². The predicted molar refractivity (Wildman–Crippen MR) is 205 cm³/mol. The molecule has 0 saturated carbocycles. The maximum atomic E-state index is 13.0. The molecule has 1 amide bonds. The summed E-state index contributed by atoms with van der Waals surface area (Å²) in [6.07, 6.45) is 3.59. The first-order valence-electron chi connectivity index (χ1n) is 14.8. The number of thiophene rings is 1. The van der Waals surface area contributed by atoms with Gasteiger partial charge in [-0.15, -0.1) is 22.7 Å². The molecule has 1 aromatic carbocycles. The van der Waals surface area contributed by atoms with E-state index in [1.165, 1.54) is 22.7 Å². The lowest BCUT2D eigenvalue weighted by atomic mass is 9.99. The highest BCUT2D eigenvalue weighted by molar-refractivity contribution is 7.87. The van der Waals surface area contributed by atoms with Gasteiger partial charge < -0.3 is 16.0 Å². The van der Waals surface area contributed by atoms with E-state index in [0.29, 0.717) is 27.8 Å². The van der Waals surface area contributed by atoms with E-state index < -0.39 is 10.8 Å². The number of thiazole rings is 1. The van der Waals surface area contributed by atoms with Crippen LogP contribution in [-0.2, 0) is 10.8 Å². The first-order chi connectivity index (χ1) is 23.7. The van der Waals surface area contributed by atoms with Gasteiger partial charge in [-0.2, -0.15) is 0 Å². The van der Waals surface area contributed by atoms with Crippen molar-refractivity contribution in [3.05, 3.63) is 131 Å². The number of carbonyl (C=O) groups excluding carboxylic acids is 1. The maximum Gasteiger partial charge on any atom is 0.251 e. The van der Waals surface area contributed by atoms with Gasteiger partial charge in [0.15, 0.2) is 0 Å². The number of unbranched alkanes of at least 4 members (excludes halogenated alkanes) is 1. The quantitative estimate of drug-likeness (QED) is 0.162. The third-order valence-electron chi connectivity index (χ3n) is 6.09. The molecule has 248 valence electrons. The van der Waals surface area contributed by atoms with E-state index >= 15 is 0 Å². The average molecular weight is 704 g/mol. The summed E-state index contributed by atoms with van der Waals surface area (Å²) in [6.45, 7) is 16.4. The van der Waals surface area contributed by atoms with Crippen LogP contribution in [0.25, 0.3) is 32.0 Å². The molecule has 0 radical (unpaired) electrons. The predicted octanol–water partition coefficient (Wildman–Crippen LogP) is 8.02. The van der Waals surface area contributed by atoms with Gasteiger partial charge in [0.25, 0.3) is 5.91 Å². The number of pyridine rings is 1. The lowest BCUT2D eigenvalue weighted by molar-refractivity contribution is 0.0951. The average Bonchev–Trinajstić information content (AvgIpc) is 3.76. The molecule has 0 aliphatic carbocycles. The number of nitrogens with two attached hydrogens (primary N) is 1. The molecular formula is C39H37N5O2S3. The number of carbonyl (C=O) groups is 1. The summed E-state index contributed by atoms with van der Waals surface area (Å²) in [5, 5.41) is 6.45. The summed E-state index contributed by atoms with van der Waals surface area (Å²) in [4.78, 5) is 24.8. The summed E-state index contributed by atoms with van der Waals surface area (Å²) < 4.78 is 13.7. The number of anilines is 1. The van der Waals surface area contributed by atoms with Crippen molar-refractivity contribution in [3.63, 3.8) is 0 Å². The fourth-order valence-electron chi connectivity index (χ4n) is 3.89. The number of hydrogen-bond acceptors (Lipinski definition) is 8. The smallest absolute Gasteiger partial charge is 0.251 e. The molecule has 0 aliphatic rings. The molecule has 4 rings (SSSR count). The number of likely N-dealkylation sites (N-methyl/N-ethyl adjacent to an activating group) is 1. The Labute approximate surface area is 298 Å². The molecule has 10 heteroatoms. The Hall–Kier alpha value is -5.38. The van der Waals surface area contributed by atoms with Gasteiger partial charge in [-0.1, -0.05) is 48.4 Å². The van der Waals surface area contributed by atoms with Crippen molar-refractivity contribution in [1.29, 1.82) is 0 Å². The summed E-state index contributed by atoms with van der Waals surface area (Å²) in [5.41, 5.74) is 34.1. The molecule has 7 nitrogen and oxygen atoms in total. The highest BCUT2D eigenvalue weighted by Crippen LogP contribution is 2.43. The monoisotopic (exact) mass is 703 g/mol. The van der Waals surface area contributed by atoms with Gasteiger partial charge in [0, 0.05) is 41.4 Å². The third kappa shape index (κ3) is 13.0. The number of nitrogen functional groups attached to an aromatic ring is 1. The molecule has 4 aromatic rings. The Kier molecular flexibility index (Phi) is 18.1. The second-order valence-electron chi connectivity index (χ2n) is 9.88. The zero-order valence-electron chi connectivity index (χ0n) is 27.9. The van der Waals surface area contributed by atoms with Crippen LogP contribution in [0.4, 0.5) is 5.69 Å². The van der Waals surface area contributed by atoms with Gasteiger partial charge in [-0.05, 0) is 111 Å². The van der Waals surface area contributed by atoms with Crippen LogP contribution in [0.2, 0.25) is 0 Å². The van der Waals surface area contributed by atoms with Gasteiger partial charge in [-0.3, -0.25) is 9.00 Å². The van der Waals surface area contributed by atoms with Crippen LogP contribution in [0, 0.1) is 0 Å². The Morgan fingerprint density at radius 3 is 2.20 bits per heavy atom. The molecule has 3 N–H and O–H groups in total. The van der Waals surface area contributed by atoms with Crippen molar-refractivity contribution >= 4 is 55.3 Å². The minimum Gasteiger partial charge on any atom is -0.396 e. The van der Waals surface area contributed by atoms with E-state index in [9.17, 15) is 9.00 Å². The molecule has 3 aromatic heterocycles. The summed E-state index contributed by atoms with van der Waals surface area (Å²) in [5.74, 6) is 0.448. The van der Waals surface area contributed by atoms with E-state index in [0.717, 1.165) is 51.4 Å². The molecule has 3 heterocycles. The maximum absolute atomic E-state index is 13.0. The summed E-state index contributed by atoms with van der Waals surface area (Å²) >= 11 is 2.89. The van der Waals surface area contributed by atoms with Crippen molar-refractivity contribution in [1.82, 2.24) is 20.2 Å². The molecule has 0 fully saturated rings. The van der Waals surface area contributed by atoms with Gasteiger partial charge in [0.1, 0.15) is 19.7 Å². The molecule has 0 bridgehead atoms. The summed E-state index contributed by atoms with van der Waals surface area (Å²) in [7, 11) is 2.75. The number of amides is 1. The standard InChI is InChI=1S/C25H29N5O2S3.2C7H4/c1-4-5-13-35(32)25-21(26)20-18(15-19(29-24(20)34-25)23-28-10-12-33-23)16-7-6-8-17(14-16)22(31)27-9-11-30(2)3;2*1-3-5-7-6-4-2/h6-8,10,12,14-15H,4-5,9,11,13,26H2,1-3H3,(H,27,31);2*1-2H2. The molecule has 1 atom stereocenters. The van der Waals surface area contributed by atoms with Gasteiger partial charge in [0.2, 0.25) is 0 Å². The lowest BCUT2D eigenvalue weighted by Gasteiger charge is -2.12. The van der Waals surface area contributed by atoms with E-state index in [4.69, 9.17) is 10.7 Å². The fourth-order valence-corrected chi connectivity index (χ4v) is 7.28. The number of benzene rings is 1. The van der Waals surface area contributed by atoms with Gasteiger partial charge in [0.05, 0.1) is 16.5 Å². The van der Waals surface area contributed by atoms with Crippen LogP contribution in [0.1, 0.15) is 30.1 Å². The van der Waals surface area contributed by atoms with E-state index in [1.54, 1.807) is 12.3 Å². The van der Waals surface area contributed by atoms with Crippen LogP contribution in [-0.4, -0.2) is 57.9 Å². The second kappa shape index (κ2) is 22.2. The first-order valence-corrected chi connectivity index (χ1v) is 17.9. The number of nitrogens with zero attached hydrogens (tertiary/aromatic N) is 3. The Bertz CT molecular complexity index is 2060. The zero-order valence-corrected chi connectivity index (χ0v) is 30.3. The van der Waals surface area contributed by atoms with Crippen LogP contribution >= 0.6 is 22.7 Å². The SMILES string of the molecule is C=C=C=C=C=C=C.C=C=C=C=C=C=C.CCCCS(=O)c1sc2nc(-c3nccs3)cc(-c3cccc(C(=O)NCCN(C)C)c3)c2c1N. The number of fused-ring (bicyclic) bond motifs is 1. The van der Waals surface area contributed by atoms with Crippen molar-refractivity contribution in [3.8, 4) is 21.8 Å². The second-order valence-corrected chi connectivity index (χ2v) is 13.5. The number of hydrogen-bond donors (Lipinski definition) is 2. The van der Waals surface area contributed by atoms with Crippen LogP contribution < -0.4 is 11.1 Å². The molecule has 0 saturated heterocycles. The summed E-state index contributed by atoms with van der Waals surface area (Å²) in [6, 6.07) is 9.47. The molecule has 0 aliphatic heterocycles. The first kappa shape index (κ1) is 39.8. The number of nitrogens with one attached hydrogen (secondary N) is 1. The van der Waals surface area contributed by atoms with Crippen LogP contribution in [0.15, 0.2) is 130 Å². The Morgan fingerprint density at radius 2 is 1.65 bits per heavy atom. The van der Waals surface area contributed by atoms with Crippen molar-refractivity contribution < 1.29 is 9.00 Å². The van der Waals surface area contributed by atoms with Gasteiger partial charge >= 0.3 is 0 Å². The molecule has 49 heavy (non-hydrogen) atoms. The van der Waals surface area contributed by atoms with Crippen molar-refractivity contribution in [2.45, 2.75) is 24.0 Å². The van der Waals surface area contributed by atoms with E-state index in [1.807, 2.05) is 48.6 Å². The Morgan fingerprint density at radius 1 is 1.00 bits per heavy atom. The molecular weight excluding hydrogens is 667 g/mol. The van der Waals surface area contributed by atoms with E-state index in [2.05, 4.69) is 101 Å². The highest BCUT2D eigenvalue weighted by atomic mass is 32.2. The van der Waals surface area contributed by atoms with Gasteiger partial charge in [-0.25, -0.2) is 9.97 Å². The third-order valence-corrected chi connectivity index (χ3v) is 9.88. The molecule has 0 spiro atoms. The normalized spacial score (nSPS) is 9.80. The fraction of sp³-hybridized carbons (Fsp3) is 0.205. The van der Waals surface area contributed by atoms with Crippen LogP contribution in [0.3, 0.4) is 0 Å². The minimum atomic E-state index is -1.18. The van der Waals surface area contributed by atoms with Crippen LogP contribution in [0.5, 0.6) is 0 Å². The minimum absolute atomic E-state index is 0.126. The van der Waals surface area contributed by atoms with Crippen molar-refractivity contribution in [2.75, 3.05) is 38.7 Å². The Balaban J connectivity index is 0.000000500.